The van der Waals surface area contributed by atoms with Gasteiger partial charge in [0.1, 0.15) is 11.2 Å². The zero-order chi connectivity index (χ0) is 17.7. The maximum Gasteiger partial charge on any atom is 0.422 e. The Balaban J connectivity index is 2.34. The van der Waals surface area contributed by atoms with E-state index in [0.717, 1.165) is 25.7 Å². The van der Waals surface area contributed by atoms with E-state index in [1.807, 2.05) is 41.5 Å². The molecule has 0 saturated heterocycles. The van der Waals surface area contributed by atoms with Crippen LogP contribution in [0.25, 0.3) is 0 Å². The molecule has 2 amide bonds. The van der Waals surface area contributed by atoms with Crippen molar-refractivity contribution in [2.75, 3.05) is 0 Å². The smallest absolute Gasteiger partial charge is 0.422 e. The summed E-state index contributed by atoms with van der Waals surface area (Å²) in [6.07, 6.45) is 2.64. The number of amides is 2. The minimum Gasteiger partial charge on any atom is -0.444 e. The van der Waals surface area contributed by atoms with E-state index in [-0.39, 0.29) is 12.1 Å². The Hall–Kier alpha value is -1.50. The van der Waals surface area contributed by atoms with Gasteiger partial charge >= 0.3 is 12.2 Å². The highest BCUT2D eigenvalue weighted by Gasteiger charge is 2.26. The molecule has 7 nitrogen and oxygen atoms in total. The Morgan fingerprint density at radius 2 is 1.39 bits per heavy atom. The standard InChI is InChI=1S/C16H31N3O4/c1-15(2,3)22-13(20)17-11-8-7-9-12(10-11)18-19-14(21)23-16(4,5)6/h11-12,18H,7-10H2,1-6H3,(H,17,20)(H,19,21)/t11-,12-/m1/s1. The number of carbonyl (C=O) groups is 2. The first kappa shape index (κ1) is 19.5. The molecule has 0 unspecified atom stereocenters. The van der Waals surface area contributed by atoms with E-state index < -0.39 is 23.4 Å². The van der Waals surface area contributed by atoms with Crippen LogP contribution in [-0.2, 0) is 9.47 Å². The summed E-state index contributed by atoms with van der Waals surface area (Å²) in [6.45, 7) is 10.9. The number of hydrogen-bond acceptors (Lipinski definition) is 5. The maximum atomic E-state index is 11.8. The van der Waals surface area contributed by atoms with Gasteiger partial charge in [0.15, 0.2) is 0 Å². The predicted molar refractivity (Wildman–Crippen MR) is 87.9 cm³/mol. The molecule has 1 saturated carbocycles. The van der Waals surface area contributed by atoms with Crippen molar-refractivity contribution in [2.45, 2.75) is 90.5 Å². The van der Waals surface area contributed by atoms with Crippen LogP contribution < -0.4 is 16.2 Å². The number of ether oxygens (including phenoxy) is 2. The summed E-state index contributed by atoms with van der Waals surface area (Å²) in [7, 11) is 0. The highest BCUT2D eigenvalue weighted by Crippen LogP contribution is 2.19. The zero-order valence-electron chi connectivity index (χ0n) is 15.1. The molecule has 0 bridgehead atoms. The van der Waals surface area contributed by atoms with E-state index in [1.54, 1.807) is 0 Å². The van der Waals surface area contributed by atoms with Crippen LogP contribution in [0.1, 0.15) is 67.2 Å². The lowest BCUT2D eigenvalue weighted by atomic mass is 9.91. The van der Waals surface area contributed by atoms with Gasteiger partial charge in [-0.05, 0) is 67.2 Å². The van der Waals surface area contributed by atoms with Crippen molar-refractivity contribution in [1.82, 2.24) is 16.2 Å². The topological polar surface area (TPSA) is 88.7 Å². The van der Waals surface area contributed by atoms with E-state index in [4.69, 9.17) is 9.47 Å². The van der Waals surface area contributed by atoms with E-state index in [0.29, 0.717) is 0 Å². The fourth-order valence-corrected chi connectivity index (χ4v) is 2.39. The predicted octanol–water partition coefficient (Wildman–Crippen LogP) is 2.85. The third-order valence-corrected chi connectivity index (χ3v) is 3.17. The first-order chi connectivity index (χ1) is 10.4. The van der Waals surface area contributed by atoms with Crippen molar-refractivity contribution in [3.63, 3.8) is 0 Å². The Morgan fingerprint density at radius 1 is 0.870 bits per heavy atom. The van der Waals surface area contributed by atoms with Crippen molar-refractivity contribution < 1.29 is 19.1 Å². The molecule has 1 fully saturated rings. The fourth-order valence-electron chi connectivity index (χ4n) is 2.39. The van der Waals surface area contributed by atoms with E-state index in [1.165, 1.54) is 0 Å². The molecule has 0 heterocycles. The first-order valence-corrected chi connectivity index (χ1v) is 8.19. The molecule has 23 heavy (non-hydrogen) atoms. The average Bonchev–Trinajstić information content (AvgIpc) is 2.32. The third-order valence-electron chi connectivity index (χ3n) is 3.17. The van der Waals surface area contributed by atoms with Crippen LogP contribution in [0.4, 0.5) is 9.59 Å². The minimum atomic E-state index is -0.529. The van der Waals surface area contributed by atoms with Gasteiger partial charge in [-0.15, -0.1) is 0 Å². The SMILES string of the molecule is CC(C)(C)OC(=O)NN[C@@H]1CCC[C@@H](NC(=O)OC(C)(C)C)C1. The fraction of sp³-hybridized carbons (Fsp3) is 0.875. The van der Waals surface area contributed by atoms with E-state index in [2.05, 4.69) is 16.2 Å². The lowest BCUT2D eigenvalue weighted by molar-refractivity contribution is 0.0446. The summed E-state index contributed by atoms with van der Waals surface area (Å²) >= 11 is 0. The van der Waals surface area contributed by atoms with Crippen LogP contribution in [0.15, 0.2) is 0 Å². The largest absolute Gasteiger partial charge is 0.444 e. The normalized spacial score (nSPS) is 22.2. The zero-order valence-corrected chi connectivity index (χ0v) is 15.1. The summed E-state index contributed by atoms with van der Waals surface area (Å²) in [4.78, 5) is 23.4. The number of nitrogens with one attached hydrogen (secondary N) is 3. The van der Waals surface area contributed by atoms with Gasteiger partial charge in [-0.1, -0.05) is 0 Å². The molecule has 0 aromatic rings. The molecule has 0 spiro atoms. The number of hydrogen-bond donors (Lipinski definition) is 3. The van der Waals surface area contributed by atoms with Crippen LogP contribution in [0.2, 0.25) is 0 Å². The van der Waals surface area contributed by atoms with Crippen molar-refractivity contribution in [3.05, 3.63) is 0 Å². The van der Waals surface area contributed by atoms with Gasteiger partial charge in [-0.2, -0.15) is 0 Å². The Bertz CT molecular complexity index is 413. The number of rotatable bonds is 3. The molecule has 0 aromatic carbocycles. The summed E-state index contributed by atoms with van der Waals surface area (Å²) in [5, 5.41) is 2.89. The van der Waals surface area contributed by atoms with Crippen LogP contribution in [0, 0.1) is 0 Å². The molecule has 134 valence electrons. The molecule has 3 N–H and O–H groups in total. The van der Waals surface area contributed by atoms with Crippen molar-refractivity contribution in [3.8, 4) is 0 Å². The summed E-state index contributed by atoms with van der Waals surface area (Å²) in [5.41, 5.74) is 4.51. The summed E-state index contributed by atoms with van der Waals surface area (Å²) in [6, 6.07) is 0.132. The van der Waals surface area contributed by atoms with Crippen LogP contribution in [0.3, 0.4) is 0 Å². The molecule has 1 rings (SSSR count). The molecule has 0 aliphatic heterocycles. The van der Waals surface area contributed by atoms with Crippen LogP contribution in [-0.4, -0.2) is 35.5 Å². The van der Waals surface area contributed by atoms with Gasteiger partial charge in [0.25, 0.3) is 0 Å². The Labute approximate surface area is 138 Å². The van der Waals surface area contributed by atoms with Crippen LogP contribution >= 0.6 is 0 Å². The monoisotopic (exact) mass is 329 g/mol. The lowest BCUT2D eigenvalue weighted by Gasteiger charge is -2.31. The first-order valence-electron chi connectivity index (χ1n) is 8.19. The van der Waals surface area contributed by atoms with Crippen molar-refractivity contribution in [2.24, 2.45) is 0 Å². The van der Waals surface area contributed by atoms with Gasteiger partial charge in [0.05, 0.1) is 0 Å². The maximum absolute atomic E-state index is 11.8. The van der Waals surface area contributed by atoms with Gasteiger partial charge < -0.3 is 14.8 Å². The second-order valence-electron chi connectivity index (χ2n) is 7.98. The highest BCUT2D eigenvalue weighted by molar-refractivity contribution is 5.68. The van der Waals surface area contributed by atoms with Crippen molar-refractivity contribution >= 4 is 12.2 Å². The molecule has 2 atom stereocenters. The van der Waals surface area contributed by atoms with Gasteiger partial charge in [-0.3, -0.25) is 5.43 Å². The molecule has 7 heteroatoms. The van der Waals surface area contributed by atoms with E-state index in [9.17, 15) is 9.59 Å². The third kappa shape index (κ3) is 9.28. The van der Waals surface area contributed by atoms with Gasteiger partial charge in [0.2, 0.25) is 0 Å². The average molecular weight is 329 g/mol. The summed E-state index contributed by atoms with van der Waals surface area (Å²) < 4.78 is 10.4. The van der Waals surface area contributed by atoms with Crippen molar-refractivity contribution in [1.29, 1.82) is 0 Å². The highest BCUT2D eigenvalue weighted by atomic mass is 16.6. The minimum absolute atomic E-state index is 0.0385. The second-order valence-corrected chi connectivity index (χ2v) is 7.98. The summed E-state index contributed by atoms with van der Waals surface area (Å²) in [5.74, 6) is 0. The number of alkyl carbamates (subject to hydrolysis) is 1. The second kappa shape index (κ2) is 7.86. The van der Waals surface area contributed by atoms with Gasteiger partial charge in [0, 0.05) is 12.1 Å². The Morgan fingerprint density at radius 3 is 1.96 bits per heavy atom. The van der Waals surface area contributed by atoms with Crippen LogP contribution in [0.5, 0.6) is 0 Å². The molecule has 1 aliphatic carbocycles. The van der Waals surface area contributed by atoms with E-state index >= 15 is 0 Å². The van der Waals surface area contributed by atoms with Gasteiger partial charge in [-0.25, -0.2) is 15.0 Å². The quantitative estimate of drug-likeness (QED) is 0.693. The molecular formula is C16H31N3O4. The molecule has 1 aliphatic rings. The Kier molecular flexibility index (Phi) is 6.68. The molecular weight excluding hydrogens is 298 g/mol. The molecule has 0 radical (unpaired) electrons. The molecule has 0 aromatic heterocycles. The number of carbonyl (C=O) groups excluding carboxylic acids is 2. The lowest BCUT2D eigenvalue weighted by Crippen LogP contribution is -2.51. The number of hydrazine groups is 1.